The number of nitrogens with zero attached hydrogens (tertiary/aromatic N) is 1. The summed E-state index contributed by atoms with van der Waals surface area (Å²) >= 11 is 11.7. The fourth-order valence-corrected chi connectivity index (χ4v) is 1.88. The number of amides is 1. The van der Waals surface area contributed by atoms with Gasteiger partial charge in [-0.05, 0) is 24.6 Å². The van der Waals surface area contributed by atoms with Crippen LogP contribution in [-0.2, 0) is 20.9 Å². The quantitative estimate of drug-likeness (QED) is 0.664. The summed E-state index contributed by atoms with van der Waals surface area (Å²) in [6.07, 6.45) is 0. The zero-order chi connectivity index (χ0) is 15.3. The topological polar surface area (TPSA) is 72.6 Å². The number of carbonyl (C=O) groups excluding carboxylic acids is 2. The molecular weight excluding hydrogens is 303 g/mol. The largest absolute Gasteiger partial charge is 0.464 e. The van der Waals surface area contributed by atoms with Gasteiger partial charge in [0, 0.05) is 13.6 Å². The van der Waals surface area contributed by atoms with Gasteiger partial charge < -0.3 is 15.4 Å². The molecule has 0 fully saturated rings. The van der Waals surface area contributed by atoms with Crippen molar-refractivity contribution in [2.45, 2.75) is 19.5 Å². The Kier molecular flexibility index (Phi) is 6.26. The molecule has 0 saturated heterocycles. The molecule has 0 aliphatic carbocycles. The van der Waals surface area contributed by atoms with E-state index in [2.05, 4.69) is 0 Å². The summed E-state index contributed by atoms with van der Waals surface area (Å²) in [5.41, 5.74) is 6.33. The standard InChI is InChI=1S/C13H16Cl2N2O3/c1-3-20-13(19)11(16)12(18)17(2)7-8-4-5-9(14)10(15)6-8/h4-6,11H,3,7,16H2,1-2H3. The second-order valence-corrected chi connectivity index (χ2v) is 4.99. The van der Waals surface area contributed by atoms with Crippen LogP contribution in [0.1, 0.15) is 12.5 Å². The van der Waals surface area contributed by atoms with Crippen molar-refractivity contribution >= 4 is 35.1 Å². The second-order valence-electron chi connectivity index (χ2n) is 4.17. The number of carbonyl (C=O) groups is 2. The summed E-state index contributed by atoms with van der Waals surface area (Å²) in [4.78, 5) is 24.7. The Morgan fingerprint density at radius 2 is 2.00 bits per heavy atom. The van der Waals surface area contributed by atoms with Gasteiger partial charge in [0.25, 0.3) is 5.91 Å². The molecule has 0 aliphatic rings. The minimum Gasteiger partial charge on any atom is -0.464 e. The Bertz CT molecular complexity index is 508. The molecule has 0 bridgehead atoms. The van der Waals surface area contributed by atoms with Crippen molar-refractivity contribution in [2.24, 2.45) is 5.73 Å². The van der Waals surface area contributed by atoms with Crippen molar-refractivity contribution in [3.05, 3.63) is 33.8 Å². The molecule has 0 spiro atoms. The van der Waals surface area contributed by atoms with E-state index in [4.69, 9.17) is 33.7 Å². The van der Waals surface area contributed by atoms with Gasteiger partial charge in [-0.3, -0.25) is 4.79 Å². The number of rotatable bonds is 5. The minimum absolute atomic E-state index is 0.177. The summed E-state index contributed by atoms with van der Waals surface area (Å²) in [5, 5.41) is 0.840. The van der Waals surface area contributed by atoms with Crippen LogP contribution in [0.25, 0.3) is 0 Å². The number of likely N-dealkylation sites (N-methyl/N-ethyl adjacent to an activating group) is 1. The van der Waals surface area contributed by atoms with E-state index in [0.29, 0.717) is 10.0 Å². The third-order valence-electron chi connectivity index (χ3n) is 2.59. The summed E-state index contributed by atoms with van der Waals surface area (Å²) in [5.74, 6) is -1.26. The molecule has 5 nitrogen and oxygen atoms in total. The highest BCUT2D eigenvalue weighted by Crippen LogP contribution is 2.23. The first-order chi connectivity index (χ1) is 9.36. The van der Waals surface area contributed by atoms with Gasteiger partial charge in [-0.1, -0.05) is 29.3 Å². The molecule has 0 saturated carbocycles. The molecule has 1 aromatic carbocycles. The number of hydrogen-bond donors (Lipinski definition) is 1. The maximum atomic E-state index is 12.0. The number of ether oxygens (including phenoxy) is 1. The van der Waals surface area contributed by atoms with Gasteiger partial charge in [0.05, 0.1) is 16.7 Å². The maximum Gasteiger partial charge on any atom is 0.332 e. The van der Waals surface area contributed by atoms with E-state index in [-0.39, 0.29) is 13.2 Å². The number of esters is 1. The van der Waals surface area contributed by atoms with Crippen molar-refractivity contribution in [1.29, 1.82) is 0 Å². The van der Waals surface area contributed by atoms with Crippen LogP contribution in [-0.4, -0.2) is 36.5 Å². The van der Waals surface area contributed by atoms with Gasteiger partial charge >= 0.3 is 5.97 Å². The van der Waals surface area contributed by atoms with Crippen LogP contribution in [0.3, 0.4) is 0 Å². The first-order valence-electron chi connectivity index (χ1n) is 5.98. The number of benzene rings is 1. The molecule has 7 heteroatoms. The van der Waals surface area contributed by atoms with Gasteiger partial charge in [0.1, 0.15) is 0 Å². The van der Waals surface area contributed by atoms with Crippen LogP contribution in [0, 0.1) is 0 Å². The van der Waals surface area contributed by atoms with E-state index < -0.39 is 17.9 Å². The summed E-state index contributed by atoms with van der Waals surface area (Å²) in [7, 11) is 1.55. The number of nitrogens with two attached hydrogens (primary N) is 1. The van der Waals surface area contributed by atoms with Crippen LogP contribution in [0.5, 0.6) is 0 Å². The van der Waals surface area contributed by atoms with Crippen molar-refractivity contribution in [3.63, 3.8) is 0 Å². The van der Waals surface area contributed by atoms with E-state index in [0.717, 1.165) is 5.56 Å². The lowest BCUT2D eigenvalue weighted by Crippen LogP contribution is -2.47. The predicted octanol–water partition coefficient (Wildman–Crippen LogP) is 1.84. The van der Waals surface area contributed by atoms with Crippen LogP contribution < -0.4 is 5.73 Å². The second kappa shape index (κ2) is 7.47. The lowest BCUT2D eigenvalue weighted by atomic mass is 10.2. The first kappa shape index (κ1) is 16.8. The van der Waals surface area contributed by atoms with E-state index in [9.17, 15) is 9.59 Å². The molecule has 1 rings (SSSR count). The molecule has 110 valence electrons. The molecule has 0 aromatic heterocycles. The van der Waals surface area contributed by atoms with Crippen LogP contribution in [0.15, 0.2) is 18.2 Å². The van der Waals surface area contributed by atoms with Crippen molar-refractivity contribution in [2.75, 3.05) is 13.7 Å². The van der Waals surface area contributed by atoms with E-state index in [1.54, 1.807) is 32.2 Å². The maximum absolute atomic E-state index is 12.0. The SMILES string of the molecule is CCOC(=O)C(N)C(=O)N(C)Cc1ccc(Cl)c(Cl)c1. The third-order valence-corrected chi connectivity index (χ3v) is 3.33. The highest BCUT2D eigenvalue weighted by Gasteiger charge is 2.26. The van der Waals surface area contributed by atoms with Crippen LogP contribution in [0.4, 0.5) is 0 Å². The van der Waals surface area contributed by atoms with E-state index in [1.807, 2.05) is 0 Å². The van der Waals surface area contributed by atoms with Gasteiger partial charge in [-0.2, -0.15) is 0 Å². The number of halogens is 2. The zero-order valence-corrected chi connectivity index (χ0v) is 12.7. The molecular formula is C13H16Cl2N2O3. The predicted molar refractivity (Wildman–Crippen MR) is 77.5 cm³/mol. The normalized spacial score (nSPS) is 11.8. The van der Waals surface area contributed by atoms with E-state index in [1.165, 1.54) is 4.90 Å². The van der Waals surface area contributed by atoms with Crippen molar-refractivity contribution in [3.8, 4) is 0 Å². The molecule has 1 amide bonds. The van der Waals surface area contributed by atoms with Gasteiger partial charge in [0.15, 0.2) is 6.04 Å². The summed E-state index contributed by atoms with van der Waals surface area (Å²) in [6.45, 7) is 2.09. The Morgan fingerprint density at radius 1 is 1.35 bits per heavy atom. The lowest BCUT2D eigenvalue weighted by Gasteiger charge is -2.20. The minimum atomic E-state index is -1.32. The molecule has 1 atom stereocenters. The molecule has 0 aliphatic heterocycles. The first-order valence-corrected chi connectivity index (χ1v) is 6.73. The zero-order valence-electron chi connectivity index (χ0n) is 11.2. The van der Waals surface area contributed by atoms with Gasteiger partial charge in [-0.25, -0.2) is 4.79 Å². The van der Waals surface area contributed by atoms with E-state index >= 15 is 0 Å². The van der Waals surface area contributed by atoms with Crippen LogP contribution in [0.2, 0.25) is 10.0 Å². The Balaban J connectivity index is 2.70. The van der Waals surface area contributed by atoms with Gasteiger partial charge in [-0.15, -0.1) is 0 Å². The average Bonchev–Trinajstić information content (AvgIpc) is 2.41. The smallest absolute Gasteiger partial charge is 0.332 e. The monoisotopic (exact) mass is 318 g/mol. The Labute approximate surface area is 127 Å². The average molecular weight is 319 g/mol. The van der Waals surface area contributed by atoms with Crippen LogP contribution >= 0.6 is 23.2 Å². The Hall–Kier alpha value is -1.30. The third kappa shape index (κ3) is 4.37. The van der Waals surface area contributed by atoms with Crippen molar-refractivity contribution in [1.82, 2.24) is 4.90 Å². The fourth-order valence-electron chi connectivity index (χ4n) is 1.56. The molecule has 2 N–H and O–H groups in total. The molecule has 20 heavy (non-hydrogen) atoms. The summed E-state index contributed by atoms with van der Waals surface area (Å²) in [6, 6.07) is 3.72. The molecule has 1 aromatic rings. The highest BCUT2D eigenvalue weighted by molar-refractivity contribution is 6.42. The summed E-state index contributed by atoms with van der Waals surface area (Å²) < 4.78 is 4.71. The Morgan fingerprint density at radius 3 is 2.55 bits per heavy atom. The van der Waals surface area contributed by atoms with Gasteiger partial charge in [0.2, 0.25) is 0 Å². The lowest BCUT2D eigenvalue weighted by molar-refractivity contribution is -0.150. The molecule has 0 radical (unpaired) electrons. The molecule has 0 heterocycles. The highest BCUT2D eigenvalue weighted by atomic mass is 35.5. The van der Waals surface area contributed by atoms with Crippen molar-refractivity contribution < 1.29 is 14.3 Å². The number of hydrogen-bond acceptors (Lipinski definition) is 4. The molecule has 1 unspecified atom stereocenters. The fraction of sp³-hybridized carbons (Fsp3) is 0.385.